The van der Waals surface area contributed by atoms with Gasteiger partial charge in [0.1, 0.15) is 0 Å². The van der Waals surface area contributed by atoms with Crippen molar-refractivity contribution in [1.82, 2.24) is 0 Å². The second kappa shape index (κ2) is 4.01. The van der Waals surface area contributed by atoms with Gasteiger partial charge in [-0.2, -0.15) is 0 Å². The Balaban J connectivity index is 2.58. The Hall–Kier alpha value is -1.60. The molecule has 1 heterocycles. The van der Waals surface area contributed by atoms with Crippen LogP contribution in [0.3, 0.4) is 0 Å². The average Bonchev–Trinajstić information content (AvgIpc) is 2.57. The van der Waals surface area contributed by atoms with Crippen molar-refractivity contribution in [3.05, 3.63) is 58.7 Å². The second-order valence-corrected chi connectivity index (χ2v) is 3.76. The van der Waals surface area contributed by atoms with Gasteiger partial charge in [0.05, 0.1) is 18.6 Å². The van der Waals surface area contributed by atoms with Gasteiger partial charge in [0, 0.05) is 8.22 Å². The lowest BCUT2D eigenvalue weighted by atomic mass is 9.90. The number of rotatable bonds is 0. The summed E-state index contributed by atoms with van der Waals surface area (Å²) < 4.78 is 84.7. The van der Waals surface area contributed by atoms with Crippen molar-refractivity contribution < 1.29 is 18.4 Å². The number of hydrogen-bond acceptors (Lipinski definition) is 1. The number of benzene rings is 2. The van der Waals surface area contributed by atoms with Crippen molar-refractivity contribution in [2.75, 3.05) is 0 Å². The largest absolute Gasteiger partial charge is 0.372 e. The highest BCUT2D eigenvalue weighted by atomic mass is 16.5. The molecular weight excluding hydrogens is 208 g/mol. The SMILES string of the molecule is [2H]C([2H])([2H])c1cccc2c1-c1c(C([2H])([2H])[2H])cccc1C([2H])([2H])OC2([2H])[2H]. The van der Waals surface area contributed by atoms with E-state index in [2.05, 4.69) is 0 Å². The first-order valence-electron chi connectivity index (χ1n) is 10.1. The summed E-state index contributed by atoms with van der Waals surface area (Å²) in [6.45, 7) is -10.7. The Morgan fingerprint density at radius 2 is 1.47 bits per heavy atom. The van der Waals surface area contributed by atoms with Gasteiger partial charge < -0.3 is 4.74 Å². The first kappa shape index (κ1) is 4.25. The molecule has 86 valence electrons. The minimum Gasteiger partial charge on any atom is -0.372 e. The van der Waals surface area contributed by atoms with Crippen LogP contribution in [-0.4, -0.2) is 0 Å². The number of aryl methyl sites for hydroxylation is 2. The monoisotopic (exact) mass is 234 g/mol. The number of hydrogen-bond donors (Lipinski definition) is 0. The normalized spacial score (nSPS) is 29.9. The van der Waals surface area contributed by atoms with Crippen LogP contribution in [-0.2, 0) is 17.9 Å². The molecule has 2 aromatic rings. The zero-order chi connectivity index (χ0) is 20.4. The van der Waals surface area contributed by atoms with Crippen LogP contribution < -0.4 is 0 Å². The summed E-state index contributed by atoms with van der Waals surface area (Å²) in [6, 6.07) is 7.77. The maximum atomic E-state index is 8.19. The molecule has 0 bridgehead atoms. The van der Waals surface area contributed by atoms with Crippen molar-refractivity contribution in [2.45, 2.75) is 26.8 Å². The van der Waals surface area contributed by atoms with Crippen LogP contribution in [0.2, 0.25) is 0 Å². The summed E-state index contributed by atoms with van der Waals surface area (Å²) in [5, 5.41) is 0. The first-order chi connectivity index (χ1) is 12.2. The molecule has 0 aromatic heterocycles. The summed E-state index contributed by atoms with van der Waals surface area (Å²) in [5.41, 5.74) is -1.30. The quantitative estimate of drug-likeness (QED) is 0.669. The highest BCUT2D eigenvalue weighted by Crippen LogP contribution is 2.36. The van der Waals surface area contributed by atoms with Crippen molar-refractivity contribution in [3.8, 4) is 11.1 Å². The van der Waals surface area contributed by atoms with E-state index in [9.17, 15) is 0 Å². The van der Waals surface area contributed by atoms with E-state index in [-0.39, 0.29) is 33.4 Å². The fraction of sp³-hybridized carbons (Fsp3) is 0.250. The van der Waals surface area contributed by atoms with Gasteiger partial charge in [0.15, 0.2) is 0 Å². The van der Waals surface area contributed by atoms with Crippen molar-refractivity contribution in [1.29, 1.82) is 0 Å². The van der Waals surface area contributed by atoms with Crippen molar-refractivity contribution in [3.63, 3.8) is 0 Å². The van der Waals surface area contributed by atoms with Gasteiger partial charge >= 0.3 is 0 Å². The molecule has 0 radical (unpaired) electrons. The average molecular weight is 234 g/mol. The Labute approximate surface area is 116 Å². The van der Waals surface area contributed by atoms with Crippen LogP contribution in [0.4, 0.5) is 0 Å². The van der Waals surface area contributed by atoms with E-state index in [1.165, 1.54) is 36.4 Å². The minimum atomic E-state index is -2.68. The summed E-state index contributed by atoms with van der Waals surface area (Å²) in [4.78, 5) is 0. The van der Waals surface area contributed by atoms with Crippen molar-refractivity contribution in [2.24, 2.45) is 0 Å². The number of ether oxygens (including phenoxy) is 1. The molecule has 1 aliphatic heterocycles. The lowest BCUT2D eigenvalue weighted by Crippen LogP contribution is -1.94. The third-order valence-electron chi connectivity index (χ3n) is 2.70. The molecule has 1 nitrogen and oxygen atoms in total. The Bertz CT molecular complexity index is 822. The molecule has 0 N–H and O–H groups in total. The predicted octanol–water partition coefficient (Wildman–Crippen LogP) is 4.00. The highest BCUT2D eigenvalue weighted by molar-refractivity contribution is 5.77. The summed E-state index contributed by atoms with van der Waals surface area (Å²) in [5.74, 6) is 0. The molecule has 17 heavy (non-hydrogen) atoms. The topological polar surface area (TPSA) is 9.23 Å². The third kappa shape index (κ3) is 1.67. The van der Waals surface area contributed by atoms with Gasteiger partial charge in [-0.3, -0.25) is 0 Å². The summed E-state index contributed by atoms with van der Waals surface area (Å²) in [7, 11) is 0. The maximum absolute atomic E-state index is 8.19. The fourth-order valence-corrected chi connectivity index (χ4v) is 1.95. The lowest BCUT2D eigenvalue weighted by Gasteiger charge is -2.14. The van der Waals surface area contributed by atoms with Gasteiger partial charge in [0.2, 0.25) is 0 Å². The molecule has 0 saturated heterocycles. The summed E-state index contributed by atoms with van der Waals surface area (Å²) >= 11 is 0. The molecule has 3 rings (SSSR count). The smallest absolute Gasteiger partial charge is 0.0727 e. The van der Waals surface area contributed by atoms with E-state index >= 15 is 0 Å². The zero-order valence-electron chi connectivity index (χ0n) is 18.9. The van der Waals surface area contributed by atoms with E-state index in [1.54, 1.807) is 0 Å². The van der Waals surface area contributed by atoms with Gasteiger partial charge in [-0.1, -0.05) is 36.4 Å². The van der Waals surface area contributed by atoms with Crippen LogP contribution in [0, 0.1) is 13.7 Å². The predicted molar refractivity (Wildman–Crippen MR) is 69.8 cm³/mol. The van der Waals surface area contributed by atoms with Gasteiger partial charge in [-0.05, 0) is 47.1 Å². The molecule has 0 unspecified atom stereocenters. The molecule has 1 aliphatic rings. The second-order valence-electron chi connectivity index (χ2n) is 3.76. The van der Waals surface area contributed by atoms with Crippen LogP contribution in [0.5, 0.6) is 0 Å². The Morgan fingerprint density at radius 3 is 1.94 bits per heavy atom. The van der Waals surface area contributed by atoms with E-state index in [4.69, 9.17) is 18.4 Å². The highest BCUT2D eigenvalue weighted by Gasteiger charge is 2.17. The fourth-order valence-electron chi connectivity index (χ4n) is 1.95. The van der Waals surface area contributed by atoms with E-state index in [1.807, 2.05) is 0 Å². The summed E-state index contributed by atoms with van der Waals surface area (Å²) in [6.07, 6.45) is 0. The molecule has 0 amide bonds. The van der Waals surface area contributed by atoms with Gasteiger partial charge in [-0.15, -0.1) is 0 Å². The molecule has 2 aromatic carbocycles. The molecule has 1 heteroatoms. The van der Waals surface area contributed by atoms with E-state index in [0.717, 1.165) is 0 Å². The third-order valence-corrected chi connectivity index (χ3v) is 2.70. The minimum absolute atomic E-state index is 0.161. The van der Waals surface area contributed by atoms with E-state index in [0.29, 0.717) is 0 Å². The first-order valence-corrected chi connectivity index (χ1v) is 5.15. The van der Waals surface area contributed by atoms with Crippen molar-refractivity contribution >= 4 is 0 Å². The number of fused-ring (bicyclic) bond motifs is 3. The van der Waals surface area contributed by atoms with Gasteiger partial charge in [0.25, 0.3) is 0 Å². The van der Waals surface area contributed by atoms with E-state index < -0.39 is 26.8 Å². The Kier molecular flexibility index (Phi) is 1.00. The van der Waals surface area contributed by atoms with Crippen LogP contribution >= 0.6 is 0 Å². The molecular formula is C16H16O. The Morgan fingerprint density at radius 1 is 0.941 bits per heavy atom. The van der Waals surface area contributed by atoms with Crippen LogP contribution in [0.15, 0.2) is 36.4 Å². The van der Waals surface area contributed by atoms with Crippen LogP contribution in [0.25, 0.3) is 11.1 Å². The van der Waals surface area contributed by atoms with Crippen LogP contribution in [0.1, 0.15) is 36.0 Å². The maximum Gasteiger partial charge on any atom is 0.0727 e. The molecule has 0 spiro atoms. The molecule has 0 atom stereocenters. The molecule has 0 saturated carbocycles. The van der Waals surface area contributed by atoms with Gasteiger partial charge in [-0.25, -0.2) is 0 Å². The molecule has 0 fully saturated rings. The lowest BCUT2D eigenvalue weighted by molar-refractivity contribution is 0.110. The molecule has 0 aliphatic carbocycles. The zero-order valence-corrected chi connectivity index (χ0v) is 8.87. The standard InChI is InChI=1S/C16H16O/c1-11-5-3-7-13-9-17-10-14-8-4-6-12(2)16(14)15(11)13/h3-8H,9-10H2,1-2H3/i1D3,2D3,9D2,10D2.